The van der Waals surface area contributed by atoms with Gasteiger partial charge >= 0.3 is 0 Å². The summed E-state index contributed by atoms with van der Waals surface area (Å²) in [5, 5.41) is 9.89. The van der Waals surface area contributed by atoms with Crippen LogP contribution in [0.1, 0.15) is 60.4 Å². The predicted octanol–water partition coefficient (Wildman–Crippen LogP) is 6.58. The van der Waals surface area contributed by atoms with E-state index in [1.165, 1.54) is 39.9 Å². The Hall–Kier alpha value is -2.98. The van der Waals surface area contributed by atoms with Gasteiger partial charge in [0.15, 0.2) is 0 Å². The van der Waals surface area contributed by atoms with Gasteiger partial charge in [0.05, 0.1) is 7.11 Å². The fourth-order valence-corrected chi connectivity index (χ4v) is 5.49. The monoisotopic (exact) mass is 486 g/mol. The lowest BCUT2D eigenvalue weighted by atomic mass is 9.79. The molecule has 4 heteroatoms. The van der Waals surface area contributed by atoms with Crippen molar-refractivity contribution < 1.29 is 9.84 Å². The van der Waals surface area contributed by atoms with Crippen LogP contribution in [-0.4, -0.2) is 43.8 Å². The lowest BCUT2D eigenvalue weighted by molar-refractivity contribution is 0.339. The molecule has 0 spiro atoms. The third-order valence-corrected chi connectivity index (χ3v) is 7.60. The molecule has 1 N–H and O–H groups in total. The Morgan fingerprint density at radius 2 is 1.69 bits per heavy atom. The van der Waals surface area contributed by atoms with E-state index in [1.807, 2.05) is 12.1 Å². The molecule has 4 nitrogen and oxygen atoms in total. The molecule has 0 amide bonds. The Balaban J connectivity index is 1.52. The van der Waals surface area contributed by atoms with Crippen molar-refractivity contribution in [1.82, 2.24) is 4.90 Å². The lowest BCUT2D eigenvalue weighted by Gasteiger charge is -2.32. The van der Waals surface area contributed by atoms with Crippen LogP contribution >= 0.6 is 0 Å². The summed E-state index contributed by atoms with van der Waals surface area (Å²) in [4.78, 5) is 4.89. The van der Waals surface area contributed by atoms with Gasteiger partial charge < -0.3 is 19.6 Å². The Kier molecular flexibility index (Phi) is 8.93. The van der Waals surface area contributed by atoms with Crippen molar-refractivity contribution >= 4 is 5.69 Å². The van der Waals surface area contributed by atoms with Crippen LogP contribution in [0.4, 0.5) is 5.69 Å². The van der Waals surface area contributed by atoms with E-state index in [9.17, 15) is 5.11 Å². The van der Waals surface area contributed by atoms with Crippen LogP contribution in [0.25, 0.3) is 0 Å². The number of fused-ring (bicyclic) bond motifs is 1. The Labute approximate surface area is 217 Å². The van der Waals surface area contributed by atoms with Gasteiger partial charge in [-0.2, -0.15) is 0 Å². The molecule has 0 radical (unpaired) electrons. The van der Waals surface area contributed by atoms with E-state index in [1.54, 1.807) is 7.11 Å². The maximum absolute atomic E-state index is 9.89. The summed E-state index contributed by atoms with van der Waals surface area (Å²) in [6, 6.07) is 21.6. The summed E-state index contributed by atoms with van der Waals surface area (Å²) in [7, 11) is 3.95. The zero-order valence-corrected chi connectivity index (χ0v) is 22.5. The number of phenols is 1. The number of anilines is 1. The first-order valence-electron chi connectivity index (χ1n) is 13.5. The van der Waals surface area contributed by atoms with Crippen molar-refractivity contribution in [2.24, 2.45) is 0 Å². The normalized spacial score (nSPS) is 15.1. The molecular weight excluding hydrogens is 444 g/mol. The highest BCUT2D eigenvalue weighted by Gasteiger charge is 2.24. The molecule has 0 heterocycles. The Morgan fingerprint density at radius 1 is 0.917 bits per heavy atom. The highest BCUT2D eigenvalue weighted by molar-refractivity contribution is 5.60. The first-order valence-corrected chi connectivity index (χ1v) is 13.5. The van der Waals surface area contributed by atoms with Gasteiger partial charge in [-0.05, 0) is 105 Å². The number of nitrogens with zero attached hydrogens (tertiary/aromatic N) is 2. The number of rotatable bonds is 11. The number of phenolic OH excluding ortho intramolecular Hbond substituents is 1. The van der Waals surface area contributed by atoms with Gasteiger partial charge in [0.2, 0.25) is 0 Å². The number of hydrogen-bond donors (Lipinski definition) is 1. The summed E-state index contributed by atoms with van der Waals surface area (Å²) in [5.74, 6) is 1.73. The molecular formula is C32H42N2O2. The molecule has 0 bridgehead atoms. The molecule has 0 aliphatic heterocycles. The van der Waals surface area contributed by atoms with Crippen molar-refractivity contribution in [2.75, 3.05) is 38.7 Å². The maximum atomic E-state index is 9.89. The van der Waals surface area contributed by atoms with Crippen molar-refractivity contribution in [2.45, 2.75) is 58.4 Å². The van der Waals surface area contributed by atoms with Gasteiger partial charge in [-0.25, -0.2) is 0 Å². The molecule has 1 aliphatic carbocycles. The molecule has 0 saturated carbocycles. The largest absolute Gasteiger partial charge is 0.508 e. The lowest BCUT2D eigenvalue weighted by Crippen LogP contribution is -2.25. The standard InChI is InChI=1S/C32H42N2O2/c1-5-18-33(3)19-17-24-7-9-25(10-8-24)23-34(6-2)32-22-30(36-4)15-16-31(32)28-12-11-27-21-29(35)14-13-26(27)20-28/h7-10,13-16,21-22,28,35H,5-6,11-12,17-20,23H2,1-4H3/t28-/m1/s1. The number of hydrogen-bond acceptors (Lipinski definition) is 4. The minimum atomic E-state index is 0.369. The molecule has 0 saturated heterocycles. The number of methoxy groups -OCH3 is 1. The summed E-state index contributed by atoms with van der Waals surface area (Å²) in [5.41, 5.74) is 8.05. The van der Waals surface area contributed by atoms with Crippen molar-refractivity contribution in [3.63, 3.8) is 0 Å². The van der Waals surface area contributed by atoms with E-state index in [2.05, 4.69) is 79.2 Å². The summed E-state index contributed by atoms with van der Waals surface area (Å²) in [6.07, 6.45) is 5.39. The Morgan fingerprint density at radius 3 is 2.42 bits per heavy atom. The van der Waals surface area contributed by atoms with Gasteiger partial charge in [-0.1, -0.05) is 43.3 Å². The van der Waals surface area contributed by atoms with Crippen molar-refractivity contribution in [3.05, 3.63) is 88.5 Å². The summed E-state index contributed by atoms with van der Waals surface area (Å²) >= 11 is 0. The quantitative estimate of drug-likeness (QED) is 0.332. The van der Waals surface area contributed by atoms with Gasteiger partial charge in [0.25, 0.3) is 0 Å². The molecule has 192 valence electrons. The van der Waals surface area contributed by atoms with E-state index in [0.717, 1.165) is 57.6 Å². The maximum Gasteiger partial charge on any atom is 0.120 e. The molecule has 36 heavy (non-hydrogen) atoms. The van der Waals surface area contributed by atoms with Crippen LogP contribution in [0.3, 0.4) is 0 Å². The van der Waals surface area contributed by atoms with Crippen LogP contribution in [0.2, 0.25) is 0 Å². The second-order valence-corrected chi connectivity index (χ2v) is 10.2. The van der Waals surface area contributed by atoms with Gasteiger partial charge in [0, 0.05) is 31.4 Å². The first kappa shape index (κ1) is 26.1. The second kappa shape index (κ2) is 12.3. The topological polar surface area (TPSA) is 35.9 Å². The third kappa shape index (κ3) is 6.41. The second-order valence-electron chi connectivity index (χ2n) is 10.2. The van der Waals surface area contributed by atoms with E-state index in [0.29, 0.717) is 11.7 Å². The highest BCUT2D eigenvalue weighted by Crippen LogP contribution is 2.40. The highest BCUT2D eigenvalue weighted by atomic mass is 16.5. The zero-order valence-electron chi connectivity index (χ0n) is 22.5. The summed E-state index contributed by atoms with van der Waals surface area (Å²) < 4.78 is 5.63. The third-order valence-electron chi connectivity index (χ3n) is 7.60. The van der Waals surface area contributed by atoms with Crippen LogP contribution in [0.15, 0.2) is 60.7 Å². The van der Waals surface area contributed by atoms with E-state index in [4.69, 9.17) is 4.74 Å². The number of benzene rings is 3. The van der Waals surface area contributed by atoms with Crippen LogP contribution in [0, 0.1) is 0 Å². The predicted molar refractivity (Wildman–Crippen MR) is 151 cm³/mol. The number of ether oxygens (including phenoxy) is 1. The molecule has 4 rings (SSSR count). The number of aryl methyl sites for hydroxylation is 1. The minimum absolute atomic E-state index is 0.369. The van der Waals surface area contributed by atoms with Gasteiger partial charge in [0.1, 0.15) is 11.5 Å². The molecule has 3 aromatic rings. The van der Waals surface area contributed by atoms with E-state index in [-0.39, 0.29) is 0 Å². The van der Waals surface area contributed by atoms with E-state index < -0.39 is 0 Å². The minimum Gasteiger partial charge on any atom is -0.508 e. The van der Waals surface area contributed by atoms with Gasteiger partial charge in [-0.15, -0.1) is 0 Å². The molecule has 0 aromatic heterocycles. The number of aromatic hydroxyl groups is 1. The average Bonchev–Trinajstić information content (AvgIpc) is 2.90. The van der Waals surface area contributed by atoms with Gasteiger partial charge in [-0.3, -0.25) is 0 Å². The van der Waals surface area contributed by atoms with Crippen molar-refractivity contribution in [3.8, 4) is 11.5 Å². The first-order chi connectivity index (χ1) is 17.5. The molecule has 0 unspecified atom stereocenters. The van der Waals surface area contributed by atoms with E-state index >= 15 is 0 Å². The molecule has 1 atom stereocenters. The molecule has 3 aromatic carbocycles. The SMILES string of the molecule is CCCN(C)CCc1ccc(CN(CC)c2cc(OC)ccc2[C@@H]2CCc3cc(O)ccc3C2)cc1. The van der Waals surface area contributed by atoms with Crippen molar-refractivity contribution in [1.29, 1.82) is 0 Å². The molecule has 0 fully saturated rings. The fourth-order valence-electron chi connectivity index (χ4n) is 5.49. The smallest absolute Gasteiger partial charge is 0.120 e. The number of likely N-dealkylation sites (N-methyl/N-ethyl adjacent to an activating group) is 1. The fraction of sp³-hybridized carbons (Fsp3) is 0.438. The van der Waals surface area contributed by atoms with Crippen LogP contribution < -0.4 is 9.64 Å². The molecule has 1 aliphatic rings. The Bertz CT molecular complexity index is 1130. The average molecular weight is 487 g/mol. The summed E-state index contributed by atoms with van der Waals surface area (Å²) in [6.45, 7) is 8.54. The van der Waals surface area contributed by atoms with Crippen LogP contribution in [0.5, 0.6) is 11.5 Å². The zero-order chi connectivity index (χ0) is 25.5. The van der Waals surface area contributed by atoms with Crippen LogP contribution in [-0.2, 0) is 25.8 Å².